The molecule has 1 aromatic rings. The standard InChI is InChI=1S/C16H25N3O2.HI/c1-16(2,13-5-4-6-14(11-13)20-3)12-18-15(17)19-7-9-21-10-8-19;/h4-6,11H,7-10,12H2,1-3H3,(H2,17,18);1H. The number of morpholine rings is 1. The summed E-state index contributed by atoms with van der Waals surface area (Å²) in [4.78, 5) is 6.65. The van der Waals surface area contributed by atoms with Crippen molar-refractivity contribution in [2.45, 2.75) is 19.3 Å². The Bertz CT molecular complexity index is 500. The van der Waals surface area contributed by atoms with Gasteiger partial charge >= 0.3 is 0 Å². The summed E-state index contributed by atoms with van der Waals surface area (Å²) in [7, 11) is 1.68. The van der Waals surface area contributed by atoms with E-state index < -0.39 is 0 Å². The van der Waals surface area contributed by atoms with E-state index in [4.69, 9.17) is 15.2 Å². The van der Waals surface area contributed by atoms with Gasteiger partial charge in [0.05, 0.1) is 26.9 Å². The maximum atomic E-state index is 6.09. The van der Waals surface area contributed by atoms with E-state index >= 15 is 0 Å². The molecule has 22 heavy (non-hydrogen) atoms. The lowest BCUT2D eigenvalue weighted by atomic mass is 9.85. The molecule has 0 atom stereocenters. The number of ether oxygens (including phenoxy) is 2. The summed E-state index contributed by atoms with van der Waals surface area (Å²) in [6.07, 6.45) is 0. The molecule has 0 unspecified atom stereocenters. The van der Waals surface area contributed by atoms with E-state index in [1.54, 1.807) is 7.11 Å². The third kappa shape index (κ3) is 5.01. The lowest BCUT2D eigenvalue weighted by molar-refractivity contribution is 0.0674. The maximum Gasteiger partial charge on any atom is 0.191 e. The highest BCUT2D eigenvalue weighted by Crippen LogP contribution is 2.26. The number of rotatable bonds is 4. The molecule has 6 heteroatoms. The molecule has 2 N–H and O–H groups in total. The second-order valence-corrected chi connectivity index (χ2v) is 5.89. The van der Waals surface area contributed by atoms with Crippen LogP contribution >= 0.6 is 24.0 Å². The van der Waals surface area contributed by atoms with Gasteiger partial charge in [0.1, 0.15) is 5.75 Å². The van der Waals surface area contributed by atoms with Gasteiger partial charge in [-0.2, -0.15) is 0 Å². The van der Waals surface area contributed by atoms with Crippen LogP contribution in [0, 0.1) is 0 Å². The number of benzene rings is 1. The Morgan fingerprint density at radius 2 is 2.05 bits per heavy atom. The largest absolute Gasteiger partial charge is 0.497 e. The van der Waals surface area contributed by atoms with Gasteiger partial charge in [0.15, 0.2) is 5.96 Å². The van der Waals surface area contributed by atoms with Gasteiger partial charge in [-0.1, -0.05) is 26.0 Å². The molecule has 124 valence electrons. The van der Waals surface area contributed by atoms with Crippen molar-refractivity contribution in [2.75, 3.05) is 40.0 Å². The van der Waals surface area contributed by atoms with Crippen LogP contribution < -0.4 is 10.5 Å². The fraction of sp³-hybridized carbons (Fsp3) is 0.562. The first-order chi connectivity index (χ1) is 10.0. The number of halogens is 1. The Kier molecular flexibility index (Phi) is 7.41. The molecule has 0 spiro atoms. The molecule has 0 aliphatic carbocycles. The minimum atomic E-state index is -0.0918. The van der Waals surface area contributed by atoms with Gasteiger partial charge in [0.25, 0.3) is 0 Å². The summed E-state index contributed by atoms with van der Waals surface area (Å²) >= 11 is 0. The Balaban J connectivity index is 0.00000242. The van der Waals surface area contributed by atoms with Gasteiger partial charge in [0.2, 0.25) is 0 Å². The zero-order valence-electron chi connectivity index (χ0n) is 13.5. The summed E-state index contributed by atoms with van der Waals surface area (Å²) in [5.41, 5.74) is 7.19. The van der Waals surface area contributed by atoms with Gasteiger partial charge in [-0.3, -0.25) is 4.99 Å². The topological polar surface area (TPSA) is 60.1 Å². The van der Waals surface area contributed by atoms with Crippen LogP contribution in [-0.2, 0) is 10.2 Å². The third-order valence-electron chi connectivity index (χ3n) is 3.82. The van der Waals surface area contributed by atoms with Crippen LogP contribution in [0.5, 0.6) is 5.75 Å². The molecule has 1 heterocycles. The van der Waals surface area contributed by atoms with Gasteiger partial charge in [-0.25, -0.2) is 0 Å². The van der Waals surface area contributed by atoms with Gasteiger partial charge in [-0.15, -0.1) is 24.0 Å². The predicted octanol–water partition coefficient (Wildman–Crippen LogP) is 2.24. The van der Waals surface area contributed by atoms with Crippen molar-refractivity contribution in [3.63, 3.8) is 0 Å². The van der Waals surface area contributed by atoms with Crippen molar-refractivity contribution < 1.29 is 9.47 Å². The van der Waals surface area contributed by atoms with Crippen molar-refractivity contribution in [3.05, 3.63) is 29.8 Å². The number of guanidine groups is 1. The monoisotopic (exact) mass is 419 g/mol. The zero-order valence-corrected chi connectivity index (χ0v) is 15.9. The molecule has 2 rings (SSSR count). The lowest BCUT2D eigenvalue weighted by Crippen LogP contribution is -2.45. The minimum Gasteiger partial charge on any atom is -0.497 e. The summed E-state index contributed by atoms with van der Waals surface area (Å²) in [5, 5.41) is 0. The second kappa shape index (κ2) is 8.57. The van der Waals surface area contributed by atoms with Gasteiger partial charge in [0, 0.05) is 18.5 Å². The minimum absolute atomic E-state index is 0. The summed E-state index contributed by atoms with van der Waals surface area (Å²) in [5.74, 6) is 1.47. The van der Waals surface area contributed by atoms with Crippen molar-refractivity contribution in [1.29, 1.82) is 0 Å². The first kappa shape index (κ1) is 19.0. The Labute approximate surface area is 149 Å². The van der Waals surface area contributed by atoms with Crippen LogP contribution in [0.3, 0.4) is 0 Å². The van der Waals surface area contributed by atoms with Crippen LogP contribution in [0.25, 0.3) is 0 Å². The van der Waals surface area contributed by atoms with Gasteiger partial charge in [-0.05, 0) is 17.7 Å². The van der Waals surface area contributed by atoms with Crippen LogP contribution in [0.4, 0.5) is 0 Å². The summed E-state index contributed by atoms with van der Waals surface area (Å²) in [6, 6.07) is 8.11. The van der Waals surface area contributed by atoms with E-state index in [0.717, 1.165) is 32.1 Å². The first-order valence-electron chi connectivity index (χ1n) is 7.30. The molecule has 0 amide bonds. The number of methoxy groups -OCH3 is 1. The number of hydrogen-bond donors (Lipinski definition) is 1. The number of nitrogens with two attached hydrogens (primary N) is 1. The first-order valence-corrected chi connectivity index (χ1v) is 7.30. The van der Waals surface area contributed by atoms with Crippen LogP contribution in [-0.4, -0.2) is 50.8 Å². The molecule has 1 fully saturated rings. The summed E-state index contributed by atoms with van der Waals surface area (Å²) in [6.45, 7) is 8.04. The average Bonchev–Trinajstić information content (AvgIpc) is 2.53. The van der Waals surface area contributed by atoms with Crippen molar-refractivity contribution in [1.82, 2.24) is 4.90 Å². The Morgan fingerprint density at radius 3 is 2.68 bits per heavy atom. The highest BCUT2D eigenvalue weighted by Gasteiger charge is 2.21. The smallest absolute Gasteiger partial charge is 0.191 e. The van der Waals surface area contributed by atoms with E-state index in [1.807, 2.05) is 12.1 Å². The van der Waals surface area contributed by atoms with E-state index in [2.05, 4.69) is 35.9 Å². The van der Waals surface area contributed by atoms with E-state index in [0.29, 0.717) is 12.5 Å². The normalized spacial score (nSPS) is 16.1. The van der Waals surface area contributed by atoms with Crippen molar-refractivity contribution in [2.24, 2.45) is 10.7 Å². The van der Waals surface area contributed by atoms with Gasteiger partial charge < -0.3 is 20.1 Å². The number of nitrogens with zero attached hydrogens (tertiary/aromatic N) is 2. The van der Waals surface area contributed by atoms with Crippen molar-refractivity contribution >= 4 is 29.9 Å². The Morgan fingerprint density at radius 1 is 1.36 bits per heavy atom. The van der Waals surface area contributed by atoms with E-state index in [9.17, 15) is 0 Å². The highest BCUT2D eigenvalue weighted by atomic mass is 127. The second-order valence-electron chi connectivity index (χ2n) is 5.89. The third-order valence-corrected chi connectivity index (χ3v) is 3.82. The fourth-order valence-electron chi connectivity index (χ4n) is 2.31. The molecular formula is C16H26IN3O2. The molecule has 0 bridgehead atoms. The molecule has 5 nitrogen and oxygen atoms in total. The van der Waals surface area contributed by atoms with E-state index in [-0.39, 0.29) is 29.4 Å². The molecule has 0 aromatic heterocycles. The Hall–Kier alpha value is -1.02. The molecule has 1 aliphatic heterocycles. The molecule has 1 saturated heterocycles. The zero-order chi connectivity index (χ0) is 15.3. The summed E-state index contributed by atoms with van der Waals surface area (Å²) < 4.78 is 10.6. The lowest BCUT2D eigenvalue weighted by Gasteiger charge is -2.29. The number of aliphatic imine (C=N–C) groups is 1. The molecule has 0 saturated carbocycles. The highest BCUT2D eigenvalue weighted by molar-refractivity contribution is 14.0. The fourth-order valence-corrected chi connectivity index (χ4v) is 2.31. The average molecular weight is 419 g/mol. The van der Waals surface area contributed by atoms with Crippen molar-refractivity contribution in [3.8, 4) is 5.75 Å². The molecular weight excluding hydrogens is 393 g/mol. The maximum absolute atomic E-state index is 6.09. The molecule has 1 aromatic carbocycles. The van der Waals surface area contributed by atoms with Crippen LogP contribution in [0.15, 0.2) is 29.3 Å². The van der Waals surface area contributed by atoms with Crippen LogP contribution in [0.1, 0.15) is 19.4 Å². The molecule has 0 radical (unpaired) electrons. The quantitative estimate of drug-likeness (QED) is 0.462. The SMILES string of the molecule is COc1cccc(C(C)(C)CN=C(N)N2CCOCC2)c1.I. The van der Waals surface area contributed by atoms with Crippen LogP contribution in [0.2, 0.25) is 0 Å². The molecule has 1 aliphatic rings. The number of hydrogen-bond acceptors (Lipinski definition) is 3. The predicted molar refractivity (Wildman–Crippen MR) is 100 cm³/mol. The van der Waals surface area contributed by atoms with E-state index in [1.165, 1.54) is 5.56 Å².